The van der Waals surface area contributed by atoms with E-state index in [0.717, 1.165) is 82.0 Å². The van der Waals surface area contributed by atoms with Crippen LogP contribution >= 0.6 is 0 Å². The maximum absolute atomic E-state index is 12.2. The van der Waals surface area contributed by atoms with Crippen LogP contribution in [0.1, 0.15) is 42.9 Å². The third kappa shape index (κ3) is 7.37. The van der Waals surface area contributed by atoms with Gasteiger partial charge in [-0.15, -0.1) is 0 Å². The Morgan fingerprint density at radius 1 is 1.05 bits per heavy atom. The molecule has 0 radical (unpaired) electrons. The number of aryl methyl sites for hydroxylation is 1. The fraction of sp³-hybridized carbons (Fsp3) is 0.552. The molecular formula is C29H40N2O6. The van der Waals surface area contributed by atoms with E-state index in [2.05, 4.69) is 28.0 Å². The second-order valence-corrected chi connectivity index (χ2v) is 9.71. The first kappa shape index (κ1) is 27.2. The topological polar surface area (TPSA) is 80.7 Å². The predicted octanol–water partition coefficient (Wildman–Crippen LogP) is 4.03. The van der Waals surface area contributed by atoms with Gasteiger partial charge in [-0.3, -0.25) is 14.6 Å². The molecule has 2 aliphatic rings. The normalized spacial score (nSPS) is 19.8. The summed E-state index contributed by atoms with van der Waals surface area (Å²) in [5.41, 5.74) is 2.22. The van der Waals surface area contributed by atoms with E-state index in [1.54, 1.807) is 14.2 Å². The van der Waals surface area contributed by atoms with Gasteiger partial charge < -0.3 is 24.1 Å². The molecule has 2 atom stereocenters. The second-order valence-electron chi connectivity index (χ2n) is 9.71. The summed E-state index contributed by atoms with van der Waals surface area (Å²) in [7, 11) is 3.27. The molecule has 1 unspecified atom stereocenters. The van der Waals surface area contributed by atoms with Crippen LogP contribution in [0, 0.1) is 0 Å². The highest BCUT2D eigenvalue weighted by atomic mass is 16.5. The van der Waals surface area contributed by atoms with E-state index < -0.39 is 12.0 Å². The zero-order chi connectivity index (χ0) is 26.0. The van der Waals surface area contributed by atoms with Crippen LogP contribution in [0.25, 0.3) is 0 Å². The monoisotopic (exact) mass is 512 g/mol. The quantitative estimate of drug-likeness (QED) is 0.457. The molecule has 2 fully saturated rings. The van der Waals surface area contributed by atoms with Crippen LogP contribution in [0.5, 0.6) is 17.2 Å². The predicted molar refractivity (Wildman–Crippen MR) is 142 cm³/mol. The fourth-order valence-electron chi connectivity index (χ4n) is 5.38. The minimum absolute atomic E-state index is 0.0303. The molecule has 8 nitrogen and oxygen atoms in total. The highest BCUT2D eigenvalue weighted by Crippen LogP contribution is 2.35. The largest absolute Gasteiger partial charge is 0.493 e. The zero-order valence-electron chi connectivity index (χ0n) is 22.1. The number of piperidine rings is 1. The molecule has 0 amide bonds. The molecule has 2 aromatic rings. The summed E-state index contributed by atoms with van der Waals surface area (Å²) in [6.45, 7) is 5.68. The number of carboxylic acid groups (broad SMARTS) is 1. The minimum atomic E-state index is -0.742. The highest BCUT2D eigenvalue weighted by Gasteiger charge is 2.34. The molecule has 0 bridgehead atoms. The fourth-order valence-corrected chi connectivity index (χ4v) is 5.38. The van der Waals surface area contributed by atoms with Gasteiger partial charge >= 0.3 is 5.97 Å². The lowest BCUT2D eigenvalue weighted by Gasteiger charge is -2.39. The molecule has 0 saturated carbocycles. The third-order valence-electron chi connectivity index (χ3n) is 7.41. The summed E-state index contributed by atoms with van der Waals surface area (Å²) >= 11 is 0. The van der Waals surface area contributed by atoms with Gasteiger partial charge in [0, 0.05) is 25.7 Å². The van der Waals surface area contributed by atoms with E-state index in [1.165, 1.54) is 0 Å². The first-order chi connectivity index (χ1) is 18.1. The Labute approximate surface area is 220 Å². The summed E-state index contributed by atoms with van der Waals surface area (Å²) in [6.07, 6.45) is 4.21. The number of nitrogens with zero attached hydrogens (tertiary/aromatic N) is 2. The zero-order valence-corrected chi connectivity index (χ0v) is 22.1. The van der Waals surface area contributed by atoms with E-state index in [-0.39, 0.29) is 6.04 Å². The molecule has 2 aromatic carbocycles. The van der Waals surface area contributed by atoms with Crippen molar-refractivity contribution in [3.8, 4) is 17.2 Å². The highest BCUT2D eigenvalue weighted by molar-refractivity contribution is 5.73. The Kier molecular flexibility index (Phi) is 10.0. The average molecular weight is 513 g/mol. The summed E-state index contributed by atoms with van der Waals surface area (Å²) in [5, 5.41) is 10.00. The number of hydrogen-bond donors (Lipinski definition) is 1. The molecule has 0 aromatic heterocycles. The van der Waals surface area contributed by atoms with Crippen molar-refractivity contribution < 1.29 is 28.8 Å². The average Bonchev–Trinajstić information content (AvgIpc) is 2.94. The summed E-state index contributed by atoms with van der Waals surface area (Å²) in [5.74, 6) is 1.49. The lowest BCUT2D eigenvalue weighted by Crippen LogP contribution is -2.46. The molecule has 0 aliphatic carbocycles. The van der Waals surface area contributed by atoms with Crippen LogP contribution in [0.15, 0.2) is 42.5 Å². The Balaban J connectivity index is 1.51. The number of hydrogen-bond acceptors (Lipinski definition) is 7. The van der Waals surface area contributed by atoms with Gasteiger partial charge in [-0.25, -0.2) is 0 Å². The molecular weight excluding hydrogens is 472 g/mol. The van der Waals surface area contributed by atoms with Gasteiger partial charge in [-0.05, 0) is 67.6 Å². The van der Waals surface area contributed by atoms with Crippen molar-refractivity contribution in [1.29, 1.82) is 0 Å². The summed E-state index contributed by atoms with van der Waals surface area (Å²) in [4.78, 5) is 16.7. The number of likely N-dealkylation sites (tertiary alicyclic amines) is 1. The van der Waals surface area contributed by atoms with Crippen molar-refractivity contribution in [3.63, 3.8) is 0 Å². The number of rotatable bonds is 12. The molecule has 202 valence electrons. The second kappa shape index (κ2) is 13.7. The Hall–Kier alpha value is -2.81. The van der Waals surface area contributed by atoms with Crippen LogP contribution in [-0.4, -0.2) is 87.1 Å². The Bertz CT molecular complexity index is 1010. The van der Waals surface area contributed by atoms with Gasteiger partial charge in [0.15, 0.2) is 11.5 Å². The van der Waals surface area contributed by atoms with Gasteiger partial charge in [-0.1, -0.05) is 24.6 Å². The van der Waals surface area contributed by atoms with Crippen LogP contribution in [-0.2, 0) is 16.0 Å². The first-order valence-corrected chi connectivity index (χ1v) is 13.3. The number of aliphatic carboxylic acids is 1. The molecule has 8 heteroatoms. The number of carbonyl (C=O) groups is 1. The SMILES string of the molecule is COc1ccc(CC[C@H](c2cccc(OCCN3CCOCC3)c2)N2CCCCC2C(=O)O)cc1OC. The van der Waals surface area contributed by atoms with E-state index in [1.807, 2.05) is 24.3 Å². The number of methoxy groups -OCH3 is 2. The smallest absolute Gasteiger partial charge is 0.320 e. The molecule has 0 spiro atoms. The lowest BCUT2D eigenvalue weighted by atomic mass is 9.92. The van der Waals surface area contributed by atoms with Crippen molar-refractivity contribution in [3.05, 3.63) is 53.6 Å². The van der Waals surface area contributed by atoms with Gasteiger partial charge in [-0.2, -0.15) is 0 Å². The van der Waals surface area contributed by atoms with Crippen molar-refractivity contribution in [2.75, 3.05) is 60.2 Å². The van der Waals surface area contributed by atoms with Crippen LogP contribution in [0.4, 0.5) is 0 Å². The van der Waals surface area contributed by atoms with Gasteiger partial charge in [0.05, 0.1) is 27.4 Å². The van der Waals surface area contributed by atoms with Crippen molar-refractivity contribution >= 4 is 5.97 Å². The number of benzene rings is 2. The van der Waals surface area contributed by atoms with Gasteiger partial charge in [0.2, 0.25) is 0 Å². The number of ether oxygens (including phenoxy) is 4. The summed E-state index contributed by atoms with van der Waals surface area (Å²) in [6, 6.07) is 13.7. The van der Waals surface area contributed by atoms with Crippen LogP contribution < -0.4 is 14.2 Å². The third-order valence-corrected chi connectivity index (χ3v) is 7.41. The van der Waals surface area contributed by atoms with E-state index >= 15 is 0 Å². The maximum atomic E-state index is 12.2. The lowest BCUT2D eigenvalue weighted by molar-refractivity contribution is -0.146. The number of morpholine rings is 1. The summed E-state index contributed by atoms with van der Waals surface area (Å²) < 4.78 is 22.4. The maximum Gasteiger partial charge on any atom is 0.320 e. The van der Waals surface area contributed by atoms with Gasteiger partial charge in [0.25, 0.3) is 0 Å². The van der Waals surface area contributed by atoms with E-state index in [4.69, 9.17) is 18.9 Å². The standard InChI is InChI=1S/C29H40N2O6/c1-34-27-12-10-22(20-28(27)35-2)9-11-25(31-13-4-3-8-26(31)29(32)33)23-6-5-7-24(21-23)37-19-16-30-14-17-36-18-15-30/h5-7,10,12,20-21,25-26H,3-4,8-9,11,13-19H2,1-2H3,(H,32,33)/t25-,26?/m1/s1. The molecule has 2 heterocycles. The molecule has 37 heavy (non-hydrogen) atoms. The van der Waals surface area contributed by atoms with Crippen molar-refractivity contribution in [2.24, 2.45) is 0 Å². The number of carboxylic acids is 1. The molecule has 4 rings (SSSR count). The molecule has 1 N–H and O–H groups in total. The first-order valence-electron chi connectivity index (χ1n) is 13.3. The Morgan fingerprint density at radius 2 is 1.86 bits per heavy atom. The van der Waals surface area contributed by atoms with Crippen molar-refractivity contribution in [1.82, 2.24) is 9.80 Å². The van der Waals surface area contributed by atoms with Gasteiger partial charge in [0.1, 0.15) is 18.4 Å². The van der Waals surface area contributed by atoms with Crippen LogP contribution in [0.3, 0.4) is 0 Å². The Morgan fingerprint density at radius 3 is 2.62 bits per heavy atom. The van der Waals surface area contributed by atoms with E-state index in [0.29, 0.717) is 24.5 Å². The van der Waals surface area contributed by atoms with Crippen molar-refractivity contribution in [2.45, 2.75) is 44.2 Å². The molecule has 2 saturated heterocycles. The minimum Gasteiger partial charge on any atom is -0.493 e. The molecule has 2 aliphatic heterocycles. The van der Waals surface area contributed by atoms with Crippen LogP contribution in [0.2, 0.25) is 0 Å². The van der Waals surface area contributed by atoms with E-state index in [9.17, 15) is 9.90 Å².